The predicted octanol–water partition coefficient (Wildman–Crippen LogP) is 18.5. The van der Waals surface area contributed by atoms with E-state index in [0.717, 1.165) is 77.0 Å². The van der Waals surface area contributed by atoms with Crippen LogP contribution in [0.2, 0.25) is 0 Å². The molecule has 568 valence electrons. The molecule has 0 spiro atoms. The lowest BCUT2D eigenvalue weighted by atomic mass is 9.97. The first-order chi connectivity index (χ1) is 48.1. The summed E-state index contributed by atoms with van der Waals surface area (Å²) in [5.41, 5.74) is 0. The van der Waals surface area contributed by atoms with Gasteiger partial charge in [0, 0.05) is 6.42 Å². The van der Waals surface area contributed by atoms with Crippen molar-refractivity contribution in [2.45, 2.75) is 408 Å². The number of nitrogens with one attached hydrogen (secondary N) is 1. The minimum Gasteiger partial charge on any atom is -0.394 e. The Kier molecular flexibility index (Phi) is 62.3. The SMILES string of the molecule is CC/C=C\C/C=C\C/C=C\C/C=C\C/C=C\CCCCCCCCCCCCCCCCCCCCCCCCCC(=O)NC(COC1OC(CO)C(OC2OC(CO)C(O)C(O)C2O)C(O)C1O)C(O)/C=C/CC/C=C/CC/C=C/CCCCCCCCCCCCCCCCC. The molecule has 0 bridgehead atoms. The van der Waals surface area contributed by atoms with Crippen molar-refractivity contribution in [1.29, 1.82) is 0 Å². The Bertz CT molecular complexity index is 2020. The summed E-state index contributed by atoms with van der Waals surface area (Å²) in [7, 11) is 0. The fourth-order valence-corrected chi connectivity index (χ4v) is 12.9. The van der Waals surface area contributed by atoms with Crippen molar-refractivity contribution >= 4 is 5.91 Å². The number of carbonyl (C=O) groups is 1. The van der Waals surface area contributed by atoms with E-state index in [1.807, 2.05) is 6.08 Å². The number of aliphatic hydroxyl groups excluding tert-OH is 8. The highest BCUT2D eigenvalue weighted by atomic mass is 16.7. The largest absolute Gasteiger partial charge is 0.394 e. The van der Waals surface area contributed by atoms with Crippen LogP contribution < -0.4 is 5.32 Å². The number of hydrogen-bond donors (Lipinski definition) is 9. The molecular weight excluding hydrogens is 1230 g/mol. The van der Waals surface area contributed by atoms with Gasteiger partial charge in [-0.1, -0.05) is 336 Å². The average Bonchev–Trinajstić information content (AvgIpc) is 0.793. The molecular formula is C84H149NO13. The number of allylic oxidation sites excluding steroid dienone is 15. The number of hydrogen-bond acceptors (Lipinski definition) is 13. The van der Waals surface area contributed by atoms with Crippen LogP contribution in [0, 0.1) is 0 Å². The van der Waals surface area contributed by atoms with E-state index >= 15 is 0 Å². The van der Waals surface area contributed by atoms with E-state index in [1.165, 1.54) is 225 Å². The van der Waals surface area contributed by atoms with E-state index in [0.29, 0.717) is 12.8 Å². The van der Waals surface area contributed by atoms with Gasteiger partial charge in [0.1, 0.15) is 48.8 Å². The summed E-state index contributed by atoms with van der Waals surface area (Å²) >= 11 is 0. The van der Waals surface area contributed by atoms with Crippen LogP contribution in [-0.4, -0.2) is 140 Å². The van der Waals surface area contributed by atoms with Crippen LogP contribution in [0.4, 0.5) is 0 Å². The van der Waals surface area contributed by atoms with Crippen molar-refractivity contribution in [3.63, 3.8) is 0 Å². The summed E-state index contributed by atoms with van der Waals surface area (Å²) < 4.78 is 22.9. The third-order valence-electron chi connectivity index (χ3n) is 19.2. The van der Waals surface area contributed by atoms with Gasteiger partial charge in [-0.3, -0.25) is 4.79 Å². The van der Waals surface area contributed by atoms with Gasteiger partial charge in [0.15, 0.2) is 12.6 Å². The lowest BCUT2D eigenvalue weighted by Gasteiger charge is -2.46. The van der Waals surface area contributed by atoms with Crippen LogP contribution in [0.15, 0.2) is 97.2 Å². The summed E-state index contributed by atoms with van der Waals surface area (Å²) in [6, 6.07) is -0.942. The summed E-state index contributed by atoms with van der Waals surface area (Å²) in [4.78, 5) is 13.4. The van der Waals surface area contributed by atoms with Gasteiger partial charge >= 0.3 is 0 Å². The number of amides is 1. The molecule has 98 heavy (non-hydrogen) atoms. The zero-order valence-corrected chi connectivity index (χ0v) is 62.3. The van der Waals surface area contributed by atoms with E-state index in [2.05, 4.69) is 104 Å². The van der Waals surface area contributed by atoms with Gasteiger partial charge in [0.25, 0.3) is 0 Å². The lowest BCUT2D eigenvalue weighted by molar-refractivity contribution is -0.359. The maximum absolute atomic E-state index is 13.4. The Morgan fingerprint density at radius 3 is 1.12 bits per heavy atom. The average molecular weight is 1380 g/mol. The molecule has 2 heterocycles. The smallest absolute Gasteiger partial charge is 0.220 e. The number of unbranched alkanes of at least 4 members (excludes halogenated alkanes) is 40. The zero-order valence-electron chi connectivity index (χ0n) is 62.3. The Morgan fingerprint density at radius 1 is 0.378 bits per heavy atom. The fourth-order valence-electron chi connectivity index (χ4n) is 12.9. The molecule has 2 rings (SSSR count). The summed E-state index contributed by atoms with van der Waals surface area (Å²) in [5, 5.41) is 87.6. The second kappa shape index (κ2) is 67.1. The predicted molar refractivity (Wildman–Crippen MR) is 406 cm³/mol. The van der Waals surface area contributed by atoms with Gasteiger partial charge in [-0.25, -0.2) is 0 Å². The monoisotopic (exact) mass is 1380 g/mol. The molecule has 14 heteroatoms. The van der Waals surface area contributed by atoms with Gasteiger partial charge < -0.3 is 65.1 Å². The van der Waals surface area contributed by atoms with Crippen LogP contribution >= 0.6 is 0 Å². The van der Waals surface area contributed by atoms with Crippen LogP contribution in [0.3, 0.4) is 0 Å². The maximum atomic E-state index is 13.4. The Labute approximate surface area is 598 Å². The van der Waals surface area contributed by atoms with Crippen LogP contribution in [0.5, 0.6) is 0 Å². The normalized spacial score (nSPS) is 22.6. The molecule has 1 amide bonds. The third-order valence-corrected chi connectivity index (χ3v) is 19.2. The quantitative estimate of drug-likeness (QED) is 0.0204. The van der Waals surface area contributed by atoms with Crippen molar-refractivity contribution < 1.29 is 64.6 Å². The molecule has 9 N–H and O–H groups in total. The van der Waals surface area contributed by atoms with Gasteiger partial charge in [0.2, 0.25) is 5.91 Å². The summed E-state index contributed by atoms with van der Waals surface area (Å²) in [5.74, 6) is -0.249. The first-order valence-corrected chi connectivity index (χ1v) is 40.5. The first-order valence-electron chi connectivity index (χ1n) is 40.5. The lowest BCUT2D eigenvalue weighted by Crippen LogP contribution is -2.65. The van der Waals surface area contributed by atoms with Crippen molar-refractivity contribution in [3.05, 3.63) is 97.2 Å². The van der Waals surface area contributed by atoms with Crippen LogP contribution in [0.1, 0.15) is 335 Å². The molecule has 2 saturated heterocycles. The highest BCUT2D eigenvalue weighted by molar-refractivity contribution is 5.76. The first kappa shape index (κ1) is 91.0. The third kappa shape index (κ3) is 49.5. The number of ether oxygens (including phenoxy) is 4. The van der Waals surface area contributed by atoms with Gasteiger partial charge in [0.05, 0.1) is 32.0 Å². The molecule has 0 saturated carbocycles. The van der Waals surface area contributed by atoms with Gasteiger partial charge in [-0.2, -0.15) is 0 Å². The van der Waals surface area contributed by atoms with Crippen molar-refractivity contribution in [1.82, 2.24) is 5.32 Å². The van der Waals surface area contributed by atoms with E-state index in [4.69, 9.17) is 18.9 Å². The van der Waals surface area contributed by atoms with E-state index in [9.17, 15) is 45.6 Å². The molecule has 2 aliphatic heterocycles. The van der Waals surface area contributed by atoms with Gasteiger partial charge in [-0.05, 0) is 89.9 Å². The molecule has 12 atom stereocenters. The number of rotatable bonds is 67. The molecule has 0 radical (unpaired) electrons. The molecule has 2 fully saturated rings. The molecule has 0 aliphatic carbocycles. The summed E-state index contributed by atoms with van der Waals surface area (Å²) in [6.45, 7) is 2.70. The molecule has 0 aromatic rings. The minimum absolute atomic E-state index is 0.249. The van der Waals surface area contributed by atoms with Crippen LogP contribution in [0.25, 0.3) is 0 Å². The molecule has 14 nitrogen and oxygen atoms in total. The molecule has 0 aromatic carbocycles. The number of carbonyl (C=O) groups excluding carboxylic acids is 1. The molecule has 2 aliphatic rings. The summed E-state index contributed by atoms with van der Waals surface area (Å²) in [6.07, 6.45) is 79.3. The van der Waals surface area contributed by atoms with E-state index in [1.54, 1.807) is 6.08 Å². The van der Waals surface area contributed by atoms with Crippen molar-refractivity contribution in [2.24, 2.45) is 0 Å². The fraction of sp³-hybridized carbons (Fsp3) is 0.798. The Balaban J connectivity index is 1.60. The minimum atomic E-state index is -1.80. The van der Waals surface area contributed by atoms with E-state index < -0.39 is 86.8 Å². The highest BCUT2D eigenvalue weighted by Gasteiger charge is 2.51. The van der Waals surface area contributed by atoms with E-state index in [-0.39, 0.29) is 18.9 Å². The second-order valence-electron chi connectivity index (χ2n) is 28.1. The maximum Gasteiger partial charge on any atom is 0.220 e. The molecule has 12 unspecified atom stereocenters. The van der Waals surface area contributed by atoms with Crippen molar-refractivity contribution in [3.8, 4) is 0 Å². The topological polar surface area (TPSA) is 228 Å². The van der Waals surface area contributed by atoms with Crippen LogP contribution in [-0.2, 0) is 23.7 Å². The molecule has 0 aromatic heterocycles. The van der Waals surface area contributed by atoms with Crippen molar-refractivity contribution in [2.75, 3.05) is 19.8 Å². The second-order valence-corrected chi connectivity index (χ2v) is 28.1. The Hall–Kier alpha value is -3.09. The number of aliphatic hydroxyl groups is 8. The standard InChI is InChI=1S/C84H149NO13/c1-3-5-7-9-11-13-15-17-19-21-23-25-27-29-30-31-32-33-34-35-36-37-38-39-40-41-42-44-46-48-50-52-54-56-58-60-62-64-66-68-76(89)85-72(71-95-83-81(94)79(92)82(75(70-87)97-83)98-84-80(93)78(91)77(90)74(69-86)96-84)73(88)67-65-63-61-59-57-55-53-51-49-47-45-43-28-26-24-22-20-18-16-14-12-10-8-6-4-2/h5,7,11,13,17,19,23,25,29-30,49,51,57,59,65,67,72-75,77-84,86-88,90-94H,3-4,6,8-10,12,14-16,18,20-22,24,26-28,31-48,50,52-56,58,60-64,66,68-71H2,1-2H3,(H,85,89)/b7-5-,13-11-,19-17-,25-23-,30-29-,51-49+,59-57+,67-65+. The highest BCUT2D eigenvalue weighted by Crippen LogP contribution is 2.30. The Morgan fingerprint density at radius 2 is 0.714 bits per heavy atom. The zero-order chi connectivity index (χ0) is 70.8. The van der Waals surface area contributed by atoms with Gasteiger partial charge in [-0.15, -0.1) is 0 Å².